The number of methoxy groups -OCH3 is 1. The maximum atomic E-state index is 6.16. The number of hydrogen-bond acceptors (Lipinski definition) is 9. The number of para-hydroxylation sites is 1. The number of benzene rings is 4. The van der Waals surface area contributed by atoms with E-state index in [1.165, 1.54) is 0 Å². The van der Waals surface area contributed by atoms with E-state index in [0.717, 1.165) is 50.3 Å². The van der Waals surface area contributed by atoms with E-state index in [4.69, 9.17) is 9.47 Å². The summed E-state index contributed by atoms with van der Waals surface area (Å²) in [5, 5.41) is 17.7. The molecule has 0 unspecified atom stereocenters. The van der Waals surface area contributed by atoms with Crippen LogP contribution >= 0.6 is 0 Å². The van der Waals surface area contributed by atoms with Gasteiger partial charge < -0.3 is 20.1 Å². The van der Waals surface area contributed by atoms with Gasteiger partial charge in [0.2, 0.25) is 0 Å². The van der Waals surface area contributed by atoms with Crippen LogP contribution in [-0.4, -0.2) is 32.3 Å². The van der Waals surface area contributed by atoms with Gasteiger partial charge in [0.05, 0.1) is 25.2 Å². The molecule has 2 N–H and O–H groups in total. The lowest BCUT2D eigenvalue weighted by Gasteiger charge is -2.13. The van der Waals surface area contributed by atoms with Crippen molar-refractivity contribution in [1.82, 2.24) is 25.1 Å². The molecule has 46 heavy (non-hydrogen) atoms. The van der Waals surface area contributed by atoms with E-state index >= 15 is 0 Å². The van der Waals surface area contributed by atoms with Gasteiger partial charge in [-0.05, 0) is 41.5 Å². The minimum absolute atomic E-state index is 0.222. The third-order valence-corrected chi connectivity index (χ3v) is 7.42. The topological polar surface area (TPSA) is 107 Å². The molecule has 224 valence electrons. The number of nitrogens with zero attached hydrogens (tertiary/aromatic N) is 5. The molecule has 0 atom stereocenters. The van der Waals surface area contributed by atoms with E-state index in [0.29, 0.717) is 23.8 Å². The number of hydrogen-bond donors (Lipinski definition) is 2. The molecule has 0 aliphatic rings. The molecule has 0 aliphatic heterocycles. The van der Waals surface area contributed by atoms with Crippen LogP contribution in [0.25, 0.3) is 33.2 Å². The van der Waals surface area contributed by atoms with Gasteiger partial charge in [-0.25, -0.2) is 15.0 Å². The number of nitrogens with one attached hydrogen (secondary N) is 2. The van der Waals surface area contributed by atoms with Crippen LogP contribution in [0.2, 0.25) is 0 Å². The Balaban J connectivity index is 1.07. The average Bonchev–Trinajstić information content (AvgIpc) is 3.12. The van der Waals surface area contributed by atoms with Gasteiger partial charge in [-0.15, -0.1) is 10.2 Å². The van der Waals surface area contributed by atoms with Gasteiger partial charge in [-0.1, -0.05) is 84.9 Å². The Morgan fingerprint density at radius 2 is 1.41 bits per heavy atom. The summed E-state index contributed by atoms with van der Waals surface area (Å²) in [6.07, 6.45) is 5.11. The highest BCUT2D eigenvalue weighted by atomic mass is 16.5. The summed E-state index contributed by atoms with van der Waals surface area (Å²) in [4.78, 5) is 13.4. The maximum absolute atomic E-state index is 6.16. The highest BCUT2D eigenvalue weighted by Gasteiger charge is 2.13. The highest BCUT2D eigenvalue weighted by Crippen LogP contribution is 2.34. The second-order valence-corrected chi connectivity index (χ2v) is 10.4. The minimum atomic E-state index is 0.222. The molecule has 9 nitrogen and oxygen atoms in total. The molecular weight excluding hydrogens is 574 g/mol. The lowest BCUT2D eigenvalue weighted by Crippen LogP contribution is -2.02. The SMILES string of the molecule is COc1ccc(CNc2cc(-c3ccccc3Oc3ncc(Nc4nnc(-c5ccccc5)c5ccccc45)cn3)ccn2)cc1. The van der Waals surface area contributed by atoms with Gasteiger partial charge in [0.25, 0.3) is 0 Å². The van der Waals surface area contributed by atoms with Crippen LogP contribution in [0.4, 0.5) is 17.3 Å². The zero-order valence-electron chi connectivity index (χ0n) is 25.0. The number of pyridine rings is 1. The first-order chi connectivity index (χ1) is 22.7. The van der Waals surface area contributed by atoms with Crippen molar-refractivity contribution in [2.75, 3.05) is 17.7 Å². The summed E-state index contributed by atoms with van der Waals surface area (Å²) in [6, 6.07) is 38.0. The van der Waals surface area contributed by atoms with Crippen molar-refractivity contribution in [1.29, 1.82) is 0 Å². The third kappa shape index (κ3) is 6.29. The standard InChI is InChI=1S/C37H29N7O2/c1-45-29-17-15-25(16-18-29)22-39-34-21-27(19-20-38-34)30-11-7-8-14-33(30)46-37-40-23-28(24-41-37)42-36-32-13-6-5-12-31(32)35(43-44-36)26-9-3-2-4-10-26/h2-21,23-24H,22H2,1H3,(H,38,39)(H,42,44). The van der Waals surface area contributed by atoms with Gasteiger partial charge in [0.1, 0.15) is 23.0 Å². The fourth-order valence-corrected chi connectivity index (χ4v) is 5.10. The Morgan fingerprint density at radius 3 is 2.22 bits per heavy atom. The molecule has 9 heteroatoms. The average molecular weight is 604 g/mol. The fraction of sp³-hybridized carbons (Fsp3) is 0.0541. The Labute approximate surface area is 266 Å². The molecule has 0 aliphatic carbocycles. The second-order valence-electron chi connectivity index (χ2n) is 10.4. The van der Waals surface area contributed by atoms with Crippen LogP contribution in [0.15, 0.2) is 134 Å². The Morgan fingerprint density at radius 1 is 0.674 bits per heavy atom. The molecule has 3 aromatic heterocycles. The predicted octanol–water partition coefficient (Wildman–Crippen LogP) is 8.31. The minimum Gasteiger partial charge on any atom is -0.497 e. The van der Waals surface area contributed by atoms with E-state index in [2.05, 4.69) is 35.8 Å². The molecule has 0 saturated carbocycles. The lowest BCUT2D eigenvalue weighted by molar-refractivity contribution is 0.414. The zero-order valence-corrected chi connectivity index (χ0v) is 25.0. The smallest absolute Gasteiger partial charge is 0.322 e. The molecule has 0 radical (unpaired) electrons. The molecule has 0 fully saturated rings. The molecule has 7 rings (SSSR count). The zero-order chi connectivity index (χ0) is 31.1. The Bertz CT molecular complexity index is 2090. The van der Waals surface area contributed by atoms with E-state index in [1.807, 2.05) is 115 Å². The molecule has 3 heterocycles. The Hall–Kier alpha value is -6.35. The van der Waals surface area contributed by atoms with Crippen molar-refractivity contribution in [3.8, 4) is 39.9 Å². The predicted molar refractivity (Wildman–Crippen MR) is 180 cm³/mol. The van der Waals surface area contributed by atoms with Gasteiger partial charge in [0, 0.05) is 34.6 Å². The number of fused-ring (bicyclic) bond motifs is 1. The van der Waals surface area contributed by atoms with Crippen LogP contribution in [0.3, 0.4) is 0 Å². The maximum Gasteiger partial charge on any atom is 0.322 e. The first-order valence-corrected chi connectivity index (χ1v) is 14.7. The van der Waals surface area contributed by atoms with E-state index in [-0.39, 0.29) is 6.01 Å². The largest absolute Gasteiger partial charge is 0.497 e. The summed E-state index contributed by atoms with van der Waals surface area (Å²) < 4.78 is 11.4. The molecule has 0 saturated heterocycles. The molecule has 0 amide bonds. The van der Waals surface area contributed by atoms with Crippen LogP contribution in [-0.2, 0) is 6.54 Å². The third-order valence-electron chi connectivity index (χ3n) is 7.42. The lowest BCUT2D eigenvalue weighted by atomic mass is 10.0. The molecule has 7 aromatic rings. The molecule has 4 aromatic carbocycles. The summed E-state index contributed by atoms with van der Waals surface area (Å²) >= 11 is 0. The first-order valence-electron chi connectivity index (χ1n) is 14.7. The highest BCUT2D eigenvalue weighted by molar-refractivity contribution is 6.00. The summed E-state index contributed by atoms with van der Waals surface area (Å²) in [5.41, 5.74) is 5.46. The van der Waals surface area contributed by atoms with Crippen molar-refractivity contribution >= 4 is 28.1 Å². The second kappa shape index (κ2) is 13.1. The normalized spacial score (nSPS) is 10.8. The van der Waals surface area contributed by atoms with Crippen molar-refractivity contribution < 1.29 is 9.47 Å². The van der Waals surface area contributed by atoms with Crippen molar-refractivity contribution in [3.63, 3.8) is 0 Å². The summed E-state index contributed by atoms with van der Waals surface area (Å²) in [5.74, 6) is 2.82. The summed E-state index contributed by atoms with van der Waals surface area (Å²) in [6.45, 7) is 0.630. The van der Waals surface area contributed by atoms with E-state index in [1.54, 1.807) is 25.7 Å². The number of aromatic nitrogens is 5. The van der Waals surface area contributed by atoms with Gasteiger partial charge in [-0.2, -0.15) is 0 Å². The van der Waals surface area contributed by atoms with Crippen molar-refractivity contribution in [2.45, 2.75) is 6.54 Å². The van der Waals surface area contributed by atoms with Crippen LogP contribution < -0.4 is 20.1 Å². The molecule has 0 spiro atoms. The quantitative estimate of drug-likeness (QED) is 0.160. The van der Waals surface area contributed by atoms with Gasteiger partial charge >= 0.3 is 6.01 Å². The Kier molecular flexibility index (Phi) is 8.10. The summed E-state index contributed by atoms with van der Waals surface area (Å²) in [7, 11) is 1.66. The fourth-order valence-electron chi connectivity index (χ4n) is 5.10. The number of anilines is 3. The van der Waals surface area contributed by atoms with Crippen molar-refractivity contribution in [2.24, 2.45) is 0 Å². The van der Waals surface area contributed by atoms with Crippen LogP contribution in [0.5, 0.6) is 17.5 Å². The number of ether oxygens (including phenoxy) is 2. The van der Waals surface area contributed by atoms with Gasteiger partial charge in [0.15, 0.2) is 5.82 Å². The van der Waals surface area contributed by atoms with Gasteiger partial charge in [-0.3, -0.25) is 0 Å². The van der Waals surface area contributed by atoms with Crippen LogP contribution in [0, 0.1) is 0 Å². The van der Waals surface area contributed by atoms with E-state index < -0.39 is 0 Å². The molecular formula is C37H29N7O2. The van der Waals surface area contributed by atoms with E-state index in [9.17, 15) is 0 Å². The van der Waals surface area contributed by atoms with Crippen LogP contribution in [0.1, 0.15) is 5.56 Å². The first kappa shape index (κ1) is 28.4. The van der Waals surface area contributed by atoms with Crippen molar-refractivity contribution in [3.05, 3.63) is 139 Å². The number of rotatable bonds is 10. The monoisotopic (exact) mass is 603 g/mol. The molecule has 0 bridgehead atoms.